The van der Waals surface area contributed by atoms with Crippen LogP contribution in [0.3, 0.4) is 0 Å². The van der Waals surface area contributed by atoms with Crippen molar-refractivity contribution < 1.29 is 5.11 Å². The number of benzene rings is 2. The summed E-state index contributed by atoms with van der Waals surface area (Å²) in [6.45, 7) is 0.510. The van der Waals surface area contributed by atoms with Gasteiger partial charge in [-0.1, -0.05) is 29.3 Å². The van der Waals surface area contributed by atoms with Crippen LogP contribution in [0, 0.1) is 0 Å². The van der Waals surface area contributed by atoms with Crippen molar-refractivity contribution in [1.29, 1.82) is 0 Å². The monoisotopic (exact) mass is 385 g/mol. The van der Waals surface area contributed by atoms with Crippen molar-refractivity contribution in [2.75, 3.05) is 5.32 Å². The Kier molecular flexibility index (Phi) is 4.36. The second-order valence-electron chi connectivity index (χ2n) is 5.64. The number of aromatic nitrogens is 4. The first-order valence-electron chi connectivity index (χ1n) is 7.77. The minimum atomic E-state index is 0.205. The fourth-order valence-corrected chi connectivity index (χ4v) is 2.85. The number of rotatable bonds is 4. The molecule has 0 aliphatic rings. The predicted octanol–water partition coefficient (Wildman–Crippen LogP) is 4.44. The highest BCUT2D eigenvalue weighted by atomic mass is 35.5. The first-order chi connectivity index (χ1) is 12.6. The number of nitrogens with zero attached hydrogens (tertiary/aromatic N) is 4. The number of anilines is 1. The van der Waals surface area contributed by atoms with Gasteiger partial charge < -0.3 is 10.4 Å². The number of hydrogen-bond acceptors (Lipinski definition) is 5. The van der Waals surface area contributed by atoms with E-state index in [1.807, 2.05) is 10.6 Å². The maximum absolute atomic E-state index is 9.45. The van der Waals surface area contributed by atoms with Gasteiger partial charge in [-0.25, -0.2) is 9.97 Å². The third-order valence-electron chi connectivity index (χ3n) is 3.85. The second-order valence-corrected chi connectivity index (χ2v) is 6.45. The van der Waals surface area contributed by atoms with Gasteiger partial charge in [0.1, 0.15) is 17.6 Å². The van der Waals surface area contributed by atoms with Gasteiger partial charge in [-0.2, -0.15) is 4.98 Å². The molecule has 26 heavy (non-hydrogen) atoms. The Morgan fingerprint density at radius 2 is 1.81 bits per heavy atom. The van der Waals surface area contributed by atoms with E-state index in [9.17, 15) is 5.11 Å². The number of imidazole rings is 1. The predicted molar refractivity (Wildman–Crippen MR) is 102 cm³/mol. The highest BCUT2D eigenvalue weighted by Gasteiger charge is 2.09. The van der Waals surface area contributed by atoms with Gasteiger partial charge in [0.25, 0.3) is 0 Å². The van der Waals surface area contributed by atoms with Crippen LogP contribution in [0.2, 0.25) is 10.0 Å². The zero-order valence-corrected chi connectivity index (χ0v) is 14.9. The van der Waals surface area contributed by atoms with E-state index in [0.29, 0.717) is 33.7 Å². The van der Waals surface area contributed by atoms with Crippen LogP contribution in [0.25, 0.3) is 16.9 Å². The first kappa shape index (κ1) is 16.6. The van der Waals surface area contributed by atoms with Crippen LogP contribution in [0.5, 0.6) is 5.75 Å². The molecule has 0 aliphatic carbocycles. The van der Waals surface area contributed by atoms with Crippen LogP contribution in [0.4, 0.5) is 5.95 Å². The van der Waals surface area contributed by atoms with Gasteiger partial charge in [0.2, 0.25) is 5.95 Å². The number of fused-ring (bicyclic) bond motifs is 1. The smallest absolute Gasteiger partial charge is 0.225 e. The molecule has 2 heterocycles. The average molecular weight is 386 g/mol. The molecule has 0 saturated carbocycles. The molecule has 8 heteroatoms. The van der Waals surface area contributed by atoms with Gasteiger partial charge >= 0.3 is 0 Å². The number of hydrogen-bond donors (Lipinski definition) is 2. The Morgan fingerprint density at radius 1 is 1.00 bits per heavy atom. The van der Waals surface area contributed by atoms with Crippen LogP contribution in [0.1, 0.15) is 5.56 Å². The summed E-state index contributed by atoms with van der Waals surface area (Å²) in [5.74, 6) is 0.681. The summed E-state index contributed by atoms with van der Waals surface area (Å²) >= 11 is 12.0. The van der Waals surface area contributed by atoms with E-state index in [2.05, 4.69) is 20.3 Å². The number of halogens is 2. The minimum absolute atomic E-state index is 0.205. The van der Waals surface area contributed by atoms with Crippen molar-refractivity contribution in [2.45, 2.75) is 6.54 Å². The fourth-order valence-electron chi connectivity index (χ4n) is 2.53. The van der Waals surface area contributed by atoms with Crippen molar-refractivity contribution in [3.8, 4) is 11.4 Å². The van der Waals surface area contributed by atoms with Crippen LogP contribution in [-0.2, 0) is 6.54 Å². The highest BCUT2D eigenvalue weighted by molar-refractivity contribution is 6.42. The second kappa shape index (κ2) is 6.82. The van der Waals surface area contributed by atoms with E-state index < -0.39 is 0 Å². The largest absolute Gasteiger partial charge is 0.508 e. The molecular formula is C18H13Cl2N5O. The van der Waals surface area contributed by atoms with E-state index in [4.69, 9.17) is 23.2 Å². The fraction of sp³-hybridized carbons (Fsp3) is 0.0556. The van der Waals surface area contributed by atoms with E-state index in [1.54, 1.807) is 48.9 Å². The average Bonchev–Trinajstić information content (AvgIpc) is 3.06. The van der Waals surface area contributed by atoms with Gasteiger partial charge in [-0.3, -0.25) is 4.57 Å². The molecule has 0 spiro atoms. The van der Waals surface area contributed by atoms with E-state index >= 15 is 0 Å². The third kappa shape index (κ3) is 3.29. The lowest BCUT2D eigenvalue weighted by molar-refractivity contribution is 0.475. The lowest BCUT2D eigenvalue weighted by Gasteiger charge is -2.07. The normalized spacial score (nSPS) is 11.0. The molecule has 130 valence electrons. The molecule has 0 aliphatic heterocycles. The minimum Gasteiger partial charge on any atom is -0.508 e. The van der Waals surface area contributed by atoms with Crippen LogP contribution in [-0.4, -0.2) is 24.6 Å². The zero-order valence-electron chi connectivity index (χ0n) is 13.4. The molecule has 2 aromatic heterocycles. The molecule has 4 aromatic rings. The summed E-state index contributed by atoms with van der Waals surface area (Å²) < 4.78 is 1.83. The van der Waals surface area contributed by atoms with Gasteiger partial charge in [0, 0.05) is 12.2 Å². The molecule has 0 bridgehead atoms. The summed E-state index contributed by atoms with van der Waals surface area (Å²) in [4.78, 5) is 13.1. The van der Waals surface area contributed by atoms with Crippen molar-refractivity contribution >= 4 is 40.3 Å². The summed E-state index contributed by atoms with van der Waals surface area (Å²) in [6.07, 6.45) is 3.34. The Labute approximate surface area is 159 Å². The lowest BCUT2D eigenvalue weighted by Crippen LogP contribution is -2.04. The summed E-state index contributed by atoms with van der Waals surface area (Å²) in [5, 5.41) is 13.6. The third-order valence-corrected chi connectivity index (χ3v) is 4.59. The molecule has 4 rings (SSSR count). The Balaban J connectivity index is 1.61. The van der Waals surface area contributed by atoms with E-state index in [-0.39, 0.29) is 5.75 Å². The molecule has 6 nitrogen and oxygen atoms in total. The standard InChI is InChI=1S/C18H13Cl2N5O/c19-14-6-1-11(7-15(14)20)8-21-18-22-9-16-17(24-18)25(10-23-16)12-2-4-13(26)5-3-12/h1-7,9-10,26H,8H2,(H,21,22,24). The van der Waals surface area contributed by atoms with Crippen LogP contribution < -0.4 is 5.32 Å². The molecule has 2 N–H and O–H groups in total. The van der Waals surface area contributed by atoms with Gasteiger partial charge in [0.05, 0.1) is 16.2 Å². The first-order valence-corrected chi connectivity index (χ1v) is 8.53. The van der Waals surface area contributed by atoms with Crippen LogP contribution >= 0.6 is 23.2 Å². The topological polar surface area (TPSA) is 75.9 Å². The molecule has 0 saturated heterocycles. The number of aromatic hydroxyl groups is 1. The lowest BCUT2D eigenvalue weighted by atomic mass is 10.2. The van der Waals surface area contributed by atoms with E-state index in [1.165, 1.54) is 0 Å². The number of nitrogens with one attached hydrogen (secondary N) is 1. The van der Waals surface area contributed by atoms with Gasteiger partial charge in [-0.15, -0.1) is 0 Å². The molecular weight excluding hydrogens is 373 g/mol. The van der Waals surface area contributed by atoms with Crippen molar-refractivity contribution in [3.63, 3.8) is 0 Å². The van der Waals surface area contributed by atoms with Crippen molar-refractivity contribution in [1.82, 2.24) is 19.5 Å². The molecule has 0 unspecified atom stereocenters. The maximum Gasteiger partial charge on any atom is 0.225 e. The van der Waals surface area contributed by atoms with Crippen LogP contribution in [0.15, 0.2) is 55.0 Å². The summed E-state index contributed by atoms with van der Waals surface area (Å²) in [6, 6.07) is 12.3. The quantitative estimate of drug-likeness (QED) is 0.542. The zero-order chi connectivity index (χ0) is 18.1. The molecule has 0 amide bonds. The van der Waals surface area contributed by atoms with Crippen molar-refractivity contribution in [2.24, 2.45) is 0 Å². The summed E-state index contributed by atoms with van der Waals surface area (Å²) in [7, 11) is 0. The molecule has 0 radical (unpaired) electrons. The highest BCUT2D eigenvalue weighted by Crippen LogP contribution is 2.23. The molecule has 0 fully saturated rings. The Hall–Kier alpha value is -2.83. The van der Waals surface area contributed by atoms with E-state index in [0.717, 1.165) is 11.3 Å². The maximum atomic E-state index is 9.45. The van der Waals surface area contributed by atoms with Crippen molar-refractivity contribution in [3.05, 3.63) is 70.6 Å². The Morgan fingerprint density at radius 3 is 2.58 bits per heavy atom. The Bertz CT molecular complexity index is 1080. The molecule has 2 aromatic carbocycles. The SMILES string of the molecule is Oc1ccc(-n2cnc3cnc(NCc4ccc(Cl)c(Cl)c4)nc32)cc1. The number of phenols is 1. The molecule has 0 atom stereocenters. The number of phenolic OH excluding ortho intramolecular Hbond substituents is 1. The van der Waals surface area contributed by atoms with Gasteiger partial charge in [0.15, 0.2) is 5.65 Å². The summed E-state index contributed by atoms with van der Waals surface area (Å²) in [5.41, 5.74) is 3.16. The van der Waals surface area contributed by atoms with Gasteiger partial charge in [-0.05, 0) is 42.0 Å².